The summed E-state index contributed by atoms with van der Waals surface area (Å²) in [4.78, 5) is 22.1. The molecule has 3 heterocycles. The molecule has 0 radical (unpaired) electrons. The quantitative estimate of drug-likeness (QED) is 0.461. The SMILES string of the molecule is O=c1cc(CN2CCN(C(c3ccccc3)c3ccccc3)CC2)nc2ccc(Cl)cn12. The molecule has 0 spiro atoms. The van der Waals surface area contributed by atoms with E-state index in [0.717, 1.165) is 31.9 Å². The molecule has 0 N–H and O–H groups in total. The molecular formula is C26H25ClN4O. The molecule has 32 heavy (non-hydrogen) atoms. The van der Waals surface area contributed by atoms with E-state index in [9.17, 15) is 4.79 Å². The number of hydrogen-bond donors (Lipinski definition) is 0. The molecule has 1 saturated heterocycles. The van der Waals surface area contributed by atoms with E-state index in [0.29, 0.717) is 17.2 Å². The lowest BCUT2D eigenvalue weighted by atomic mass is 9.96. The molecule has 0 saturated carbocycles. The number of piperazine rings is 1. The molecule has 0 bridgehead atoms. The highest BCUT2D eigenvalue weighted by molar-refractivity contribution is 6.30. The van der Waals surface area contributed by atoms with Gasteiger partial charge in [-0.25, -0.2) is 4.98 Å². The second kappa shape index (κ2) is 9.25. The maximum Gasteiger partial charge on any atom is 0.258 e. The number of aromatic nitrogens is 2. The third-order valence-electron chi connectivity index (χ3n) is 6.06. The summed E-state index contributed by atoms with van der Waals surface area (Å²) in [6.45, 7) is 4.44. The van der Waals surface area contributed by atoms with Crippen molar-refractivity contribution in [3.63, 3.8) is 0 Å². The first kappa shape index (κ1) is 20.9. The summed E-state index contributed by atoms with van der Waals surface area (Å²) in [5.41, 5.74) is 3.96. The van der Waals surface area contributed by atoms with Crippen LogP contribution in [0.1, 0.15) is 22.9 Å². The van der Waals surface area contributed by atoms with Gasteiger partial charge >= 0.3 is 0 Å². The summed E-state index contributed by atoms with van der Waals surface area (Å²) < 4.78 is 1.49. The van der Waals surface area contributed by atoms with E-state index in [1.807, 2.05) is 0 Å². The fourth-order valence-corrected chi connectivity index (χ4v) is 4.66. The van der Waals surface area contributed by atoms with Gasteiger partial charge < -0.3 is 0 Å². The second-order valence-electron chi connectivity index (χ2n) is 8.20. The van der Waals surface area contributed by atoms with Crippen molar-refractivity contribution in [2.45, 2.75) is 12.6 Å². The van der Waals surface area contributed by atoms with Gasteiger partial charge in [0.05, 0.1) is 16.8 Å². The van der Waals surface area contributed by atoms with Crippen LogP contribution < -0.4 is 5.56 Å². The molecule has 0 unspecified atom stereocenters. The van der Waals surface area contributed by atoms with Crippen LogP contribution in [0, 0.1) is 0 Å². The van der Waals surface area contributed by atoms with E-state index < -0.39 is 0 Å². The Bertz CT molecular complexity index is 1210. The fraction of sp³-hybridized carbons (Fsp3) is 0.231. The smallest absolute Gasteiger partial charge is 0.258 e. The number of benzene rings is 2. The zero-order chi connectivity index (χ0) is 21.9. The van der Waals surface area contributed by atoms with Gasteiger partial charge in [-0.15, -0.1) is 0 Å². The highest BCUT2D eigenvalue weighted by Gasteiger charge is 2.26. The van der Waals surface area contributed by atoms with Gasteiger partial charge in [0, 0.05) is 45.0 Å². The van der Waals surface area contributed by atoms with Crippen molar-refractivity contribution in [3.8, 4) is 0 Å². The summed E-state index contributed by atoms with van der Waals surface area (Å²) >= 11 is 6.01. The number of pyridine rings is 1. The molecule has 0 amide bonds. The average Bonchev–Trinajstić information content (AvgIpc) is 2.82. The second-order valence-corrected chi connectivity index (χ2v) is 8.63. The van der Waals surface area contributed by atoms with E-state index in [2.05, 4.69) is 75.4 Å². The average molecular weight is 445 g/mol. The summed E-state index contributed by atoms with van der Waals surface area (Å²) in [5, 5.41) is 0.525. The van der Waals surface area contributed by atoms with Crippen LogP contribution in [0.15, 0.2) is 89.9 Å². The lowest BCUT2D eigenvalue weighted by Crippen LogP contribution is -2.47. The highest BCUT2D eigenvalue weighted by Crippen LogP contribution is 2.29. The first-order valence-electron chi connectivity index (χ1n) is 10.9. The van der Waals surface area contributed by atoms with Crippen LogP contribution in [-0.4, -0.2) is 45.4 Å². The Morgan fingerprint density at radius 3 is 2.09 bits per heavy atom. The molecule has 0 atom stereocenters. The summed E-state index contributed by atoms with van der Waals surface area (Å²) in [6.07, 6.45) is 1.61. The molecule has 162 valence electrons. The minimum Gasteiger partial charge on any atom is -0.295 e. The molecule has 4 aromatic rings. The van der Waals surface area contributed by atoms with Crippen molar-refractivity contribution in [3.05, 3.63) is 117 Å². The molecule has 5 nitrogen and oxygen atoms in total. The van der Waals surface area contributed by atoms with Crippen LogP contribution in [0.5, 0.6) is 0 Å². The lowest BCUT2D eigenvalue weighted by Gasteiger charge is -2.39. The Hall–Kier alpha value is -2.99. The van der Waals surface area contributed by atoms with Crippen LogP contribution in [0.4, 0.5) is 0 Å². The molecule has 2 aromatic heterocycles. The third kappa shape index (κ3) is 4.46. The Balaban J connectivity index is 1.31. The van der Waals surface area contributed by atoms with Crippen molar-refractivity contribution >= 4 is 17.2 Å². The normalized spacial score (nSPS) is 15.4. The largest absolute Gasteiger partial charge is 0.295 e. The Morgan fingerprint density at radius 2 is 1.47 bits per heavy atom. The van der Waals surface area contributed by atoms with Gasteiger partial charge in [0.1, 0.15) is 5.65 Å². The van der Waals surface area contributed by atoms with Gasteiger partial charge in [-0.3, -0.25) is 19.0 Å². The molecule has 1 aliphatic rings. The zero-order valence-electron chi connectivity index (χ0n) is 17.8. The topological polar surface area (TPSA) is 40.9 Å². The van der Waals surface area contributed by atoms with Gasteiger partial charge in [-0.2, -0.15) is 0 Å². The van der Waals surface area contributed by atoms with Crippen LogP contribution in [0.3, 0.4) is 0 Å². The fourth-order valence-electron chi connectivity index (χ4n) is 4.50. The summed E-state index contributed by atoms with van der Waals surface area (Å²) in [7, 11) is 0. The zero-order valence-corrected chi connectivity index (χ0v) is 18.5. The van der Waals surface area contributed by atoms with Crippen molar-refractivity contribution in [2.24, 2.45) is 0 Å². The van der Waals surface area contributed by atoms with Gasteiger partial charge in [0.2, 0.25) is 0 Å². The van der Waals surface area contributed by atoms with Crippen LogP contribution >= 0.6 is 11.6 Å². The van der Waals surface area contributed by atoms with Gasteiger partial charge in [0.15, 0.2) is 0 Å². The van der Waals surface area contributed by atoms with E-state index in [1.54, 1.807) is 24.4 Å². The summed E-state index contributed by atoms with van der Waals surface area (Å²) in [5.74, 6) is 0. The third-order valence-corrected chi connectivity index (χ3v) is 6.29. The molecule has 5 rings (SSSR count). The maximum absolute atomic E-state index is 12.5. The minimum absolute atomic E-state index is 0.0978. The van der Waals surface area contributed by atoms with E-state index in [4.69, 9.17) is 11.6 Å². The number of halogens is 1. The lowest BCUT2D eigenvalue weighted by molar-refractivity contribution is 0.104. The molecular weight excluding hydrogens is 420 g/mol. The Morgan fingerprint density at radius 1 is 0.844 bits per heavy atom. The molecule has 6 heteroatoms. The number of nitrogens with zero attached hydrogens (tertiary/aromatic N) is 4. The number of rotatable bonds is 5. The predicted octanol–water partition coefficient (Wildman–Crippen LogP) is 4.26. The summed E-state index contributed by atoms with van der Waals surface area (Å²) in [6, 6.07) is 26.8. The molecule has 1 aliphatic heterocycles. The van der Waals surface area contributed by atoms with Crippen LogP contribution in [0.2, 0.25) is 5.02 Å². The van der Waals surface area contributed by atoms with Crippen molar-refractivity contribution in [2.75, 3.05) is 26.2 Å². The maximum atomic E-state index is 12.5. The van der Waals surface area contributed by atoms with Crippen LogP contribution in [-0.2, 0) is 6.54 Å². The Kier molecular flexibility index (Phi) is 6.04. The molecule has 1 fully saturated rings. The van der Waals surface area contributed by atoms with E-state index in [-0.39, 0.29) is 11.6 Å². The van der Waals surface area contributed by atoms with Crippen molar-refractivity contribution in [1.82, 2.24) is 19.2 Å². The highest BCUT2D eigenvalue weighted by atomic mass is 35.5. The first-order valence-corrected chi connectivity index (χ1v) is 11.3. The predicted molar refractivity (Wildman–Crippen MR) is 128 cm³/mol. The number of fused-ring (bicyclic) bond motifs is 1. The van der Waals surface area contributed by atoms with Crippen LogP contribution in [0.25, 0.3) is 5.65 Å². The first-order chi connectivity index (χ1) is 15.7. The van der Waals surface area contributed by atoms with Gasteiger partial charge in [-0.1, -0.05) is 72.3 Å². The van der Waals surface area contributed by atoms with Crippen molar-refractivity contribution < 1.29 is 0 Å². The van der Waals surface area contributed by atoms with E-state index in [1.165, 1.54) is 15.5 Å². The van der Waals surface area contributed by atoms with Crippen molar-refractivity contribution in [1.29, 1.82) is 0 Å². The minimum atomic E-state index is -0.0978. The standard InChI is InChI=1S/C26H25ClN4O/c27-22-11-12-24-28-23(17-25(32)31(24)18-22)19-29-13-15-30(16-14-29)26(20-7-3-1-4-8-20)21-9-5-2-6-10-21/h1-12,17-18,26H,13-16,19H2. The molecule has 2 aromatic carbocycles. The van der Waals surface area contributed by atoms with E-state index >= 15 is 0 Å². The molecule has 0 aliphatic carbocycles. The number of hydrogen-bond acceptors (Lipinski definition) is 4. The monoisotopic (exact) mass is 444 g/mol. The van der Waals surface area contributed by atoms with Gasteiger partial charge in [-0.05, 0) is 23.3 Å². The Labute approximate surface area is 192 Å². The van der Waals surface area contributed by atoms with Gasteiger partial charge in [0.25, 0.3) is 5.56 Å².